The molecule has 1 fully saturated rings. The molecule has 1 aliphatic heterocycles. The van der Waals surface area contributed by atoms with E-state index in [-0.39, 0.29) is 39.6 Å². The van der Waals surface area contributed by atoms with Gasteiger partial charge in [-0.3, -0.25) is 19.8 Å². The van der Waals surface area contributed by atoms with Crippen LogP contribution >= 0.6 is 67.3 Å². The second kappa shape index (κ2) is 11.0. The third-order valence-corrected chi connectivity index (χ3v) is 6.52. The highest BCUT2D eigenvalue weighted by Crippen LogP contribution is 2.37. The molecule has 33 heavy (non-hydrogen) atoms. The molecule has 2 aromatic carbocycles. The second-order valence-electron chi connectivity index (χ2n) is 6.44. The number of ether oxygens (including phenoxy) is 2. The quantitative estimate of drug-likeness (QED) is 0.201. The Balaban J connectivity index is 1.94. The minimum atomic E-state index is -0.664. The smallest absolute Gasteiger partial charge is 0.344 e. The van der Waals surface area contributed by atoms with Gasteiger partial charge in [-0.2, -0.15) is 0 Å². The summed E-state index contributed by atoms with van der Waals surface area (Å²) >= 11 is 24.3. The number of halogens is 4. The Labute approximate surface area is 221 Å². The summed E-state index contributed by atoms with van der Waals surface area (Å²) in [5.41, 5.74) is 0.578. The second-order valence-corrected chi connectivity index (χ2v) is 9.32. The molecular weight excluding hydrogens is 623 g/mol. The van der Waals surface area contributed by atoms with Gasteiger partial charge in [0.25, 0.3) is 11.8 Å². The van der Waals surface area contributed by atoms with E-state index in [2.05, 4.69) is 37.2 Å². The predicted octanol–water partition coefficient (Wildman–Crippen LogP) is 5.29. The lowest BCUT2D eigenvalue weighted by molar-refractivity contribution is -0.145. The molecule has 172 valence electrons. The van der Waals surface area contributed by atoms with Crippen molar-refractivity contribution < 1.29 is 23.9 Å². The zero-order valence-electron chi connectivity index (χ0n) is 16.8. The molecule has 1 heterocycles. The predicted molar refractivity (Wildman–Crippen MR) is 137 cm³/mol. The maximum Gasteiger partial charge on any atom is 0.344 e. The summed E-state index contributed by atoms with van der Waals surface area (Å²) in [6, 6.07) is 8.00. The van der Waals surface area contributed by atoms with Gasteiger partial charge in [-0.25, -0.2) is 4.79 Å². The molecule has 0 spiro atoms. The van der Waals surface area contributed by atoms with Crippen molar-refractivity contribution in [2.45, 2.75) is 6.92 Å². The standard InChI is InChI=1S/C21H14Br2Cl2N2O5S/c1-2-31-16(28)9-32-18-12(22)7-10(8-13(18)23)6-11-19(29)26-21(33)27(20(11)30)15-5-3-4-14(24)17(15)25/h3-8H,2,9H2,1H3,(H,26,29,33)/b11-6+. The van der Waals surface area contributed by atoms with Crippen LogP contribution < -0.4 is 15.0 Å². The molecule has 2 amide bonds. The molecule has 0 bridgehead atoms. The van der Waals surface area contributed by atoms with Crippen molar-refractivity contribution in [3.63, 3.8) is 0 Å². The van der Waals surface area contributed by atoms with Crippen LogP contribution in [0.25, 0.3) is 6.08 Å². The molecular formula is C21H14Br2Cl2N2O5S. The van der Waals surface area contributed by atoms with Gasteiger partial charge in [-0.15, -0.1) is 0 Å². The summed E-state index contributed by atoms with van der Waals surface area (Å²) in [4.78, 5) is 38.4. The first kappa shape index (κ1) is 25.6. The molecule has 0 radical (unpaired) electrons. The number of hydrogen-bond donors (Lipinski definition) is 1. The summed E-state index contributed by atoms with van der Waals surface area (Å²) < 4.78 is 11.3. The third-order valence-electron chi connectivity index (χ3n) is 4.25. The minimum absolute atomic E-state index is 0.114. The zero-order chi connectivity index (χ0) is 24.3. The van der Waals surface area contributed by atoms with Gasteiger partial charge in [0.05, 0.1) is 31.3 Å². The number of nitrogens with one attached hydrogen (secondary N) is 1. The van der Waals surface area contributed by atoms with Crippen molar-refractivity contribution in [1.29, 1.82) is 0 Å². The Morgan fingerprint density at radius 2 is 1.88 bits per heavy atom. The lowest BCUT2D eigenvalue weighted by Crippen LogP contribution is -2.54. The van der Waals surface area contributed by atoms with Crippen molar-refractivity contribution >= 4 is 102 Å². The monoisotopic (exact) mass is 634 g/mol. The highest BCUT2D eigenvalue weighted by atomic mass is 79.9. The molecule has 0 saturated carbocycles. The Bertz CT molecular complexity index is 1180. The van der Waals surface area contributed by atoms with E-state index < -0.39 is 17.8 Å². The number of rotatable bonds is 6. The SMILES string of the molecule is CCOC(=O)COc1c(Br)cc(/C=C2\C(=O)NC(=S)N(c3cccc(Cl)c3Cl)C2=O)cc1Br. The van der Waals surface area contributed by atoms with E-state index in [1.165, 1.54) is 6.08 Å². The van der Waals surface area contributed by atoms with Crippen molar-refractivity contribution in [3.8, 4) is 5.75 Å². The van der Waals surface area contributed by atoms with E-state index in [1.54, 1.807) is 37.3 Å². The lowest BCUT2D eigenvalue weighted by Gasteiger charge is -2.29. The normalized spacial score (nSPS) is 15.0. The molecule has 7 nitrogen and oxygen atoms in total. The fourth-order valence-corrected chi connectivity index (χ4v) is 4.95. The van der Waals surface area contributed by atoms with Crippen molar-refractivity contribution in [1.82, 2.24) is 5.32 Å². The number of anilines is 1. The lowest BCUT2D eigenvalue weighted by atomic mass is 10.1. The Morgan fingerprint density at radius 3 is 2.52 bits per heavy atom. The number of amides is 2. The van der Waals surface area contributed by atoms with Crippen molar-refractivity contribution in [3.05, 3.63) is 60.5 Å². The van der Waals surface area contributed by atoms with Crippen LogP contribution in [0.3, 0.4) is 0 Å². The number of carbonyl (C=O) groups is 3. The van der Waals surface area contributed by atoms with E-state index >= 15 is 0 Å². The summed E-state index contributed by atoms with van der Waals surface area (Å²) in [5.74, 6) is -1.47. The first-order valence-corrected chi connectivity index (χ1v) is 12.0. The third kappa shape index (κ3) is 5.75. The van der Waals surface area contributed by atoms with Crippen LogP contribution in [0.1, 0.15) is 12.5 Å². The van der Waals surface area contributed by atoms with Crippen molar-refractivity contribution in [2.75, 3.05) is 18.1 Å². The van der Waals surface area contributed by atoms with Gasteiger partial charge in [0.2, 0.25) is 0 Å². The highest BCUT2D eigenvalue weighted by Gasteiger charge is 2.35. The molecule has 0 aliphatic carbocycles. The first-order valence-electron chi connectivity index (χ1n) is 9.27. The molecule has 0 atom stereocenters. The van der Waals surface area contributed by atoms with Crippen LogP contribution in [-0.2, 0) is 19.1 Å². The summed E-state index contributed by atoms with van der Waals surface area (Å²) in [6.45, 7) is 1.66. The average Bonchev–Trinajstić information content (AvgIpc) is 2.73. The van der Waals surface area contributed by atoms with E-state index in [1.807, 2.05) is 0 Å². The number of thiocarbonyl (C=S) groups is 1. The van der Waals surface area contributed by atoms with Crippen LogP contribution in [0.4, 0.5) is 5.69 Å². The number of esters is 1. The Kier molecular flexibility index (Phi) is 8.52. The van der Waals surface area contributed by atoms with Gasteiger partial charge in [-0.1, -0.05) is 29.3 Å². The number of carbonyl (C=O) groups excluding carboxylic acids is 3. The molecule has 0 aromatic heterocycles. The molecule has 0 unspecified atom stereocenters. The van der Waals surface area contributed by atoms with Crippen LogP contribution in [-0.4, -0.2) is 36.1 Å². The molecule has 1 N–H and O–H groups in total. The van der Waals surface area contributed by atoms with Gasteiger partial charge < -0.3 is 9.47 Å². The van der Waals surface area contributed by atoms with Gasteiger partial charge in [0.15, 0.2) is 11.7 Å². The Hall–Kier alpha value is -1.98. The fourth-order valence-electron chi connectivity index (χ4n) is 2.84. The first-order chi connectivity index (χ1) is 15.6. The maximum absolute atomic E-state index is 13.2. The molecule has 1 aliphatic rings. The van der Waals surface area contributed by atoms with Gasteiger partial charge >= 0.3 is 5.97 Å². The van der Waals surface area contributed by atoms with E-state index in [9.17, 15) is 14.4 Å². The van der Waals surface area contributed by atoms with Gasteiger partial charge in [0, 0.05) is 0 Å². The summed E-state index contributed by atoms with van der Waals surface area (Å²) in [7, 11) is 0. The number of nitrogens with zero attached hydrogens (tertiary/aromatic N) is 1. The molecule has 12 heteroatoms. The average molecular weight is 637 g/mol. The highest BCUT2D eigenvalue weighted by molar-refractivity contribution is 9.11. The van der Waals surface area contributed by atoms with Crippen LogP contribution in [0.5, 0.6) is 5.75 Å². The number of hydrogen-bond acceptors (Lipinski definition) is 6. The van der Waals surface area contributed by atoms with Gasteiger partial charge in [0.1, 0.15) is 11.3 Å². The minimum Gasteiger partial charge on any atom is -0.480 e. The maximum atomic E-state index is 13.2. The Morgan fingerprint density at radius 1 is 1.21 bits per heavy atom. The van der Waals surface area contributed by atoms with E-state index in [0.29, 0.717) is 20.3 Å². The summed E-state index contributed by atoms with van der Waals surface area (Å²) in [6.07, 6.45) is 1.40. The molecule has 2 aromatic rings. The fraction of sp³-hybridized carbons (Fsp3) is 0.143. The van der Waals surface area contributed by atoms with Gasteiger partial charge in [-0.05, 0) is 86.9 Å². The van der Waals surface area contributed by atoms with Crippen LogP contribution in [0, 0.1) is 0 Å². The number of benzene rings is 2. The largest absolute Gasteiger partial charge is 0.480 e. The summed E-state index contributed by atoms with van der Waals surface area (Å²) in [5, 5.41) is 2.73. The molecule has 3 rings (SSSR count). The van der Waals surface area contributed by atoms with E-state index in [4.69, 9.17) is 44.9 Å². The van der Waals surface area contributed by atoms with Crippen LogP contribution in [0.15, 0.2) is 44.9 Å². The van der Waals surface area contributed by atoms with Crippen molar-refractivity contribution in [2.24, 2.45) is 0 Å². The topological polar surface area (TPSA) is 84.9 Å². The van der Waals surface area contributed by atoms with E-state index in [0.717, 1.165) is 4.90 Å². The zero-order valence-corrected chi connectivity index (χ0v) is 22.3. The molecule has 1 saturated heterocycles. The van der Waals surface area contributed by atoms with Crippen LogP contribution in [0.2, 0.25) is 10.0 Å².